The Morgan fingerprint density at radius 2 is 2.02 bits per heavy atom. The summed E-state index contributed by atoms with van der Waals surface area (Å²) in [5, 5.41) is 12.1. The average Bonchev–Trinajstić information content (AvgIpc) is 3.53. The summed E-state index contributed by atoms with van der Waals surface area (Å²) < 4.78 is 11.9. The Bertz CT molecular complexity index is 1580. The molecular weight excluding hydrogens is 524 g/mol. The van der Waals surface area contributed by atoms with Crippen LogP contribution in [0.3, 0.4) is 0 Å². The van der Waals surface area contributed by atoms with Crippen LogP contribution in [-0.4, -0.2) is 45.0 Å². The predicted octanol–water partition coefficient (Wildman–Crippen LogP) is 6.67. The molecule has 1 aromatic heterocycles. The fourth-order valence-corrected chi connectivity index (χ4v) is 6.71. The lowest BCUT2D eigenvalue weighted by Gasteiger charge is -2.34. The Kier molecular flexibility index (Phi) is 7.05. The van der Waals surface area contributed by atoms with Crippen LogP contribution in [0.5, 0.6) is 5.75 Å². The summed E-state index contributed by atoms with van der Waals surface area (Å²) in [6.45, 7) is 10.1. The van der Waals surface area contributed by atoms with E-state index in [-0.39, 0.29) is 30.0 Å². The normalized spacial score (nSPS) is 19.0. The van der Waals surface area contributed by atoms with Crippen LogP contribution in [0.4, 0.5) is 0 Å². The van der Waals surface area contributed by atoms with Crippen molar-refractivity contribution in [3.8, 4) is 5.75 Å². The van der Waals surface area contributed by atoms with Crippen LogP contribution in [0.15, 0.2) is 48.5 Å². The van der Waals surface area contributed by atoms with E-state index in [4.69, 9.17) is 21.1 Å². The highest BCUT2D eigenvalue weighted by Crippen LogP contribution is 2.43. The number of H-pyrrole nitrogens is 1. The van der Waals surface area contributed by atoms with Gasteiger partial charge in [-0.2, -0.15) is 15.4 Å². The SMILES string of the molecule is CCOC(=O)CC(c1ccc2c(c1)C(N1Cc3cc(Cl)ccc3OC(C)(C)C1)CC2)c1ccc2n[nH]nc2c1C. The van der Waals surface area contributed by atoms with Crippen molar-refractivity contribution in [2.45, 2.75) is 71.1 Å². The topological polar surface area (TPSA) is 80.3 Å². The largest absolute Gasteiger partial charge is 0.486 e. The highest BCUT2D eigenvalue weighted by Gasteiger charge is 2.36. The zero-order valence-corrected chi connectivity index (χ0v) is 24.2. The maximum absolute atomic E-state index is 12.8. The number of aromatic nitrogens is 3. The molecule has 0 saturated heterocycles. The van der Waals surface area contributed by atoms with Gasteiger partial charge < -0.3 is 9.47 Å². The third-order valence-corrected chi connectivity index (χ3v) is 8.50. The zero-order chi connectivity index (χ0) is 28.0. The van der Waals surface area contributed by atoms with Crippen LogP contribution >= 0.6 is 11.6 Å². The molecule has 1 aliphatic carbocycles. The van der Waals surface area contributed by atoms with Gasteiger partial charge in [0.25, 0.3) is 0 Å². The molecule has 0 fully saturated rings. The summed E-state index contributed by atoms with van der Waals surface area (Å²) in [5.41, 5.74) is 8.29. The van der Waals surface area contributed by atoms with E-state index in [0.717, 1.165) is 70.0 Å². The Balaban J connectivity index is 1.39. The van der Waals surface area contributed by atoms with Crippen LogP contribution in [-0.2, 0) is 22.5 Å². The zero-order valence-electron chi connectivity index (χ0n) is 23.5. The van der Waals surface area contributed by atoms with Gasteiger partial charge in [0, 0.05) is 35.6 Å². The first kappa shape index (κ1) is 26.8. The van der Waals surface area contributed by atoms with Gasteiger partial charge in [-0.3, -0.25) is 9.69 Å². The van der Waals surface area contributed by atoms with Crippen LogP contribution in [0.1, 0.15) is 79.0 Å². The van der Waals surface area contributed by atoms with Gasteiger partial charge in [0.15, 0.2) is 0 Å². The molecule has 7 nitrogen and oxygen atoms in total. The lowest BCUT2D eigenvalue weighted by Crippen LogP contribution is -2.41. The fraction of sp³-hybridized carbons (Fsp3) is 0.406. The molecular formula is C32H35ClN4O3. The molecule has 208 valence electrons. The molecule has 0 radical (unpaired) electrons. The molecule has 40 heavy (non-hydrogen) atoms. The maximum atomic E-state index is 12.8. The second kappa shape index (κ2) is 10.5. The molecule has 1 aliphatic heterocycles. The van der Waals surface area contributed by atoms with Crippen molar-refractivity contribution >= 4 is 28.6 Å². The quantitative estimate of drug-likeness (QED) is 0.266. The number of fused-ring (bicyclic) bond motifs is 3. The molecule has 2 aliphatic rings. The highest BCUT2D eigenvalue weighted by atomic mass is 35.5. The van der Waals surface area contributed by atoms with Crippen LogP contribution in [0.25, 0.3) is 11.0 Å². The van der Waals surface area contributed by atoms with Crippen molar-refractivity contribution in [2.75, 3.05) is 13.2 Å². The van der Waals surface area contributed by atoms with Crippen molar-refractivity contribution in [1.29, 1.82) is 0 Å². The van der Waals surface area contributed by atoms with Crippen molar-refractivity contribution in [3.63, 3.8) is 0 Å². The summed E-state index contributed by atoms with van der Waals surface area (Å²) in [6.07, 6.45) is 2.32. The molecule has 4 aromatic rings. The van der Waals surface area contributed by atoms with Gasteiger partial charge >= 0.3 is 5.97 Å². The van der Waals surface area contributed by atoms with E-state index in [0.29, 0.717) is 6.61 Å². The van der Waals surface area contributed by atoms with E-state index in [1.807, 2.05) is 31.2 Å². The van der Waals surface area contributed by atoms with Crippen molar-refractivity contribution in [2.24, 2.45) is 0 Å². The van der Waals surface area contributed by atoms with E-state index in [1.54, 1.807) is 0 Å². The number of aryl methyl sites for hydroxylation is 2. The first-order chi connectivity index (χ1) is 19.2. The van der Waals surface area contributed by atoms with Gasteiger partial charge in [0.1, 0.15) is 22.4 Å². The van der Waals surface area contributed by atoms with Gasteiger partial charge in [-0.05, 0) is 92.6 Å². The summed E-state index contributed by atoms with van der Waals surface area (Å²) in [6, 6.07) is 16.9. The Morgan fingerprint density at radius 3 is 2.85 bits per heavy atom. The third kappa shape index (κ3) is 5.08. The molecule has 6 rings (SSSR count). The number of carbonyl (C=O) groups is 1. The molecule has 1 N–H and O–H groups in total. The number of aromatic amines is 1. The van der Waals surface area contributed by atoms with Gasteiger partial charge in [-0.1, -0.05) is 35.9 Å². The Hall–Kier alpha value is -3.42. The Labute approximate surface area is 239 Å². The Morgan fingerprint density at radius 1 is 1.18 bits per heavy atom. The van der Waals surface area contributed by atoms with E-state index in [2.05, 4.69) is 65.3 Å². The van der Waals surface area contributed by atoms with Gasteiger partial charge in [0.2, 0.25) is 0 Å². The van der Waals surface area contributed by atoms with Crippen molar-refractivity contribution in [3.05, 3.63) is 86.9 Å². The first-order valence-electron chi connectivity index (χ1n) is 14.0. The molecule has 2 heterocycles. The predicted molar refractivity (Wildman–Crippen MR) is 156 cm³/mol. The number of nitrogens with one attached hydrogen (secondary N) is 1. The average molecular weight is 559 g/mol. The minimum atomic E-state index is -0.351. The molecule has 0 amide bonds. The molecule has 8 heteroatoms. The molecule has 0 bridgehead atoms. The molecule has 0 saturated carbocycles. The second-order valence-corrected chi connectivity index (χ2v) is 12.0. The van der Waals surface area contributed by atoms with Gasteiger partial charge in [0.05, 0.1) is 13.0 Å². The number of benzene rings is 3. The molecule has 2 atom stereocenters. The number of carbonyl (C=O) groups excluding carboxylic acids is 1. The smallest absolute Gasteiger partial charge is 0.306 e. The maximum Gasteiger partial charge on any atom is 0.306 e. The minimum Gasteiger partial charge on any atom is -0.486 e. The standard InChI is InChI=1S/C32H35ClN4O3/c1-5-39-30(38)16-25(24-10-11-27-31(19(24)2)35-36-34-27)21-7-6-20-8-12-28(26(20)15-21)37-17-22-14-23(33)9-13-29(22)40-32(3,4)18-37/h6-7,9-11,13-15,25,28H,5,8,12,16-18H2,1-4H3,(H,34,35,36). The fourth-order valence-electron chi connectivity index (χ4n) is 6.51. The summed E-state index contributed by atoms with van der Waals surface area (Å²) in [4.78, 5) is 15.4. The third-order valence-electron chi connectivity index (χ3n) is 8.26. The summed E-state index contributed by atoms with van der Waals surface area (Å²) in [5.74, 6) is 0.538. The number of halogens is 1. The van der Waals surface area contributed by atoms with Gasteiger partial charge in [-0.25, -0.2) is 0 Å². The number of rotatable bonds is 6. The van der Waals surface area contributed by atoms with Crippen LogP contribution in [0, 0.1) is 6.92 Å². The van der Waals surface area contributed by atoms with E-state index >= 15 is 0 Å². The lowest BCUT2D eigenvalue weighted by atomic mass is 9.84. The second-order valence-electron chi connectivity index (χ2n) is 11.6. The van der Waals surface area contributed by atoms with Gasteiger partial charge in [-0.15, -0.1) is 0 Å². The van der Waals surface area contributed by atoms with Crippen molar-refractivity contribution < 1.29 is 14.3 Å². The monoisotopic (exact) mass is 558 g/mol. The van der Waals surface area contributed by atoms with Crippen molar-refractivity contribution in [1.82, 2.24) is 20.3 Å². The first-order valence-corrected chi connectivity index (χ1v) is 14.4. The summed E-state index contributed by atoms with van der Waals surface area (Å²) in [7, 11) is 0. The number of esters is 1. The highest BCUT2D eigenvalue weighted by molar-refractivity contribution is 6.30. The van der Waals surface area contributed by atoms with E-state index in [1.165, 1.54) is 11.1 Å². The van der Waals surface area contributed by atoms with E-state index in [9.17, 15) is 4.79 Å². The molecule has 3 aromatic carbocycles. The minimum absolute atomic E-state index is 0.157. The number of hydrogen-bond acceptors (Lipinski definition) is 6. The lowest BCUT2D eigenvalue weighted by molar-refractivity contribution is -0.143. The molecule has 0 spiro atoms. The summed E-state index contributed by atoms with van der Waals surface area (Å²) >= 11 is 6.39. The number of ether oxygens (including phenoxy) is 2. The number of nitrogens with zero attached hydrogens (tertiary/aromatic N) is 3. The van der Waals surface area contributed by atoms with Crippen LogP contribution in [0.2, 0.25) is 5.02 Å². The van der Waals surface area contributed by atoms with Crippen LogP contribution < -0.4 is 4.74 Å². The van der Waals surface area contributed by atoms with E-state index < -0.39 is 0 Å². The number of hydrogen-bond donors (Lipinski definition) is 1. The molecule has 2 unspecified atom stereocenters.